The van der Waals surface area contributed by atoms with Crippen LogP contribution in [0.3, 0.4) is 0 Å². The fourth-order valence-corrected chi connectivity index (χ4v) is 5.93. The predicted octanol–water partition coefficient (Wildman–Crippen LogP) is 7.30. The van der Waals surface area contributed by atoms with Crippen molar-refractivity contribution in [3.63, 3.8) is 0 Å². The standard InChI is InChI=1S/C40H53F3N4O8/c1-38(2,3)54-36(50)45-19-17-33(35(26-45)53-23-22-52-21-8-7-20-48)44-32-15-10-16-34-31(32)25-29(47(34)27-40(41,42)43)13-11-18-46(37(51)55-39(4,5)6)28-12-9-14-30(49)24-28/h9-10,12,14-16,24-25,33,35,44,48-49H,7-8,17-23,26-27H2,1-6H3/t33-,35+/m1/s1. The Morgan fingerprint density at radius 3 is 2.36 bits per heavy atom. The van der Waals surface area contributed by atoms with Gasteiger partial charge in [0.2, 0.25) is 0 Å². The minimum absolute atomic E-state index is 0.0764. The molecule has 1 aliphatic heterocycles. The predicted molar refractivity (Wildman–Crippen MR) is 203 cm³/mol. The minimum Gasteiger partial charge on any atom is -0.508 e. The maximum Gasteiger partial charge on any atom is 0.415 e. The van der Waals surface area contributed by atoms with Crippen molar-refractivity contribution in [2.45, 2.75) is 96.9 Å². The van der Waals surface area contributed by atoms with Crippen LogP contribution in [0.25, 0.3) is 10.9 Å². The van der Waals surface area contributed by atoms with E-state index in [1.165, 1.54) is 17.0 Å². The van der Waals surface area contributed by atoms with Gasteiger partial charge in [0.1, 0.15) is 23.5 Å². The van der Waals surface area contributed by atoms with Crippen LogP contribution in [0.15, 0.2) is 48.5 Å². The zero-order valence-corrected chi connectivity index (χ0v) is 32.4. The number of aliphatic hydroxyl groups is 1. The summed E-state index contributed by atoms with van der Waals surface area (Å²) in [6.45, 7) is 10.6. The fraction of sp³-hybridized carbons (Fsp3) is 0.550. The number of rotatable bonds is 13. The number of aromatic nitrogens is 1. The van der Waals surface area contributed by atoms with Crippen molar-refractivity contribution in [1.29, 1.82) is 0 Å². The summed E-state index contributed by atoms with van der Waals surface area (Å²) >= 11 is 0. The fourth-order valence-electron chi connectivity index (χ4n) is 5.93. The lowest BCUT2D eigenvalue weighted by Gasteiger charge is -2.39. The summed E-state index contributed by atoms with van der Waals surface area (Å²) in [6.07, 6.45) is -4.48. The number of nitrogens with one attached hydrogen (secondary N) is 1. The molecule has 15 heteroatoms. The van der Waals surface area contributed by atoms with Crippen LogP contribution >= 0.6 is 0 Å². The molecular weight excluding hydrogens is 721 g/mol. The number of halogens is 3. The SMILES string of the molecule is CC(C)(C)OC(=O)N1CC[C@@H](Nc2cccc3c2cc(C#CCN(C(=O)OC(C)(C)C)c2cccc(O)c2)n3CC(F)(F)F)[C@@H](OCCOCCCCO)C1. The molecule has 1 saturated heterocycles. The van der Waals surface area contributed by atoms with E-state index in [9.17, 15) is 27.9 Å². The number of unbranched alkanes of at least 4 members (excludes halogenated alkanes) is 1. The summed E-state index contributed by atoms with van der Waals surface area (Å²) in [7, 11) is 0. The number of ether oxygens (including phenoxy) is 4. The lowest BCUT2D eigenvalue weighted by molar-refractivity contribution is -0.140. The van der Waals surface area contributed by atoms with E-state index in [1.807, 2.05) is 0 Å². The van der Waals surface area contributed by atoms with Crippen molar-refractivity contribution in [3.05, 3.63) is 54.2 Å². The van der Waals surface area contributed by atoms with Gasteiger partial charge >= 0.3 is 18.4 Å². The number of alkyl halides is 3. The molecule has 0 unspecified atom stereocenters. The number of aliphatic hydroxyl groups excluding tert-OH is 1. The monoisotopic (exact) mass is 774 g/mol. The highest BCUT2D eigenvalue weighted by atomic mass is 19.4. The molecule has 0 radical (unpaired) electrons. The Morgan fingerprint density at radius 2 is 1.69 bits per heavy atom. The average Bonchev–Trinajstić information content (AvgIpc) is 3.41. The normalized spacial score (nSPS) is 16.4. The van der Waals surface area contributed by atoms with Gasteiger partial charge < -0.3 is 43.9 Å². The van der Waals surface area contributed by atoms with Crippen molar-refractivity contribution in [1.82, 2.24) is 9.47 Å². The number of amides is 2. The van der Waals surface area contributed by atoms with E-state index in [0.29, 0.717) is 61.3 Å². The van der Waals surface area contributed by atoms with Crippen LogP contribution in [0, 0.1) is 11.8 Å². The molecule has 2 amide bonds. The first-order valence-electron chi connectivity index (χ1n) is 18.4. The molecule has 12 nitrogen and oxygen atoms in total. The second-order valence-corrected chi connectivity index (χ2v) is 15.3. The number of piperidine rings is 1. The smallest absolute Gasteiger partial charge is 0.415 e. The summed E-state index contributed by atoms with van der Waals surface area (Å²) in [5, 5.41) is 23.0. The minimum atomic E-state index is -4.57. The Bertz CT molecular complexity index is 1810. The van der Waals surface area contributed by atoms with Gasteiger partial charge in [0.25, 0.3) is 0 Å². The van der Waals surface area contributed by atoms with Crippen molar-refractivity contribution in [2.24, 2.45) is 0 Å². The zero-order valence-electron chi connectivity index (χ0n) is 32.4. The third-order valence-electron chi connectivity index (χ3n) is 8.30. The number of hydrogen-bond donors (Lipinski definition) is 3. The van der Waals surface area contributed by atoms with Gasteiger partial charge in [-0.05, 0) is 97.1 Å². The van der Waals surface area contributed by atoms with Gasteiger partial charge in [-0.15, -0.1) is 0 Å². The van der Waals surface area contributed by atoms with Crippen LogP contribution in [0.5, 0.6) is 5.75 Å². The van der Waals surface area contributed by atoms with Gasteiger partial charge in [0.15, 0.2) is 0 Å². The second-order valence-electron chi connectivity index (χ2n) is 15.3. The molecule has 1 aromatic heterocycles. The van der Waals surface area contributed by atoms with Gasteiger partial charge in [0.05, 0.1) is 55.3 Å². The van der Waals surface area contributed by atoms with E-state index < -0.39 is 42.2 Å². The third kappa shape index (κ3) is 13.6. The molecule has 0 saturated carbocycles. The van der Waals surface area contributed by atoms with Gasteiger partial charge in [-0.1, -0.05) is 18.1 Å². The number of phenols is 1. The van der Waals surface area contributed by atoms with E-state index in [2.05, 4.69) is 17.2 Å². The molecule has 1 fully saturated rings. The first kappa shape index (κ1) is 43.1. The van der Waals surface area contributed by atoms with Crippen LogP contribution < -0.4 is 10.2 Å². The number of carbonyl (C=O) groups is 2. The van der Waals surface area contributed by atoms with E-state index in [-0.39, 0.29) is 43.8 Å². The number of aromatic hydroxyl groups is 1. The molecule has 0 aliphatic carbocycles. The number of carbonyl (C=O) groups excluding carboxylic acids is 2. The van der Waals surface area contributed by atoms with Crippen LogP contribution in [-0.2, 0) is 25.5 Å². The van der Waals surface area contributed by atoms with Crippen LogP contribution in [0.1, 0.15) is 66.5 Å². The van der Waals surface area contributed by atoms with E-state index in [0.717, 1.165) is 4.57 Å². The van der Waals surface area contributed by atoms with E-state index >= 15 is 0 Å². The molecule has 302 valence electrons. The molecule has 1 aliphatic rings. The number of benzene rings is 2. The lowest BCUT2D eigenvalue weighted by Crippen LogP contribution is -2.53. The van der Waals surface area contributed by atoms with Crippen molar-refractivity contribution < 1.29 is 51.9 Å². The Morgan fingerprint density at radius 1 is 0.964 bits per heavy atom. The molecule has 3 aromatic rings. The topological polar surface area (TPSA) is 135 Å². The van der Waals surface area contributed by atoms with Crippen LogP contribution in [0.2, 0.25) is 0 Å². The molecule has 55 heavy (non-hydrogen) atoms. The molecule has 2 aromatic carbocycles. The Balaban J connectivity index is 1.63. The van der Waals surface area contributed by atoms with E-state index in [1.54, 1.807) is 82.8 Å². The lowest BCUT2D eigenvalue weighted by atomic mass is 10.0. The first-order valence-corrected chi connectivity index (χ1v) is 18.4. The molecule has 3 N–H and O–H groups in total. The Kier molecular flexibility index (Phi) is 14.7. The quantitative estimate of drug-likeness (QED) is 0.121. The average molecular weight is 775 g/mol. The maximum absolute atomic E-state index is 14.0. The number of anilines is 2. The van der Waals surface area contributed by atoms with Crippen molar-refractivity contribution in [3.8, 4) is 17.6 Å². The summed E-state index contributed by atoms with van der Waals surface area (Å²) < 4.78 is 66.1. The Labute approximate surface area is 320 Å². The zero-order chi connectivity index (χ0) is 40.4. The molecule has 2 heterocycles. The first-order chi connectivity index (χ1) is 25.8. The van der Waals surface area contributed by atoms with Gasteiger partial charge in [-0.25, -0.2) is 9.59 Å². The number of nitrogens with zero attached hydrogens (tertiary/aromatic N) is 3. The number of likely N-dealkylation sites (tertiary alicyclic amines) is 1. The number of fused-ring (bicyclic) bond motifs is 1. The van der Waals surface area contributed by atoms with E-state index in [4.69, 9.17) is 24.1 Å². The van der Waals surface area contributed by atoms with Gasteiger partial charge in [0, 0.05) is 36.9 Å². The van der Waals surface area contributed by atoms with Crippen molar-refractivity contribution >= 4 is 34.5 Å². The highest BCUT2D eigenvalue weighted by Crippen LogP contribution is 2.32. The summed E-state index contributed by atoms with van der Waals surface area (Å²) in [5.41, 5.74) is -0.304. The highest BCUT2D eigenvalue weighted by molar-refractivity contribution is 5.94. The summed E-state index contributed by atoms with van der Waals surface area (Å²) in [4.78, 5) is 28.9. The third-order valence-corrected chi connectivity index (χ3v) is 8.30. The Hall–Kier alpha value is -4.65. The largest absolute Gasteiger partial charge is 0.508 e. The van der Waals surface area contributed by atoms with Crippen LogP contribution in [0.4, 0.5) is 34.1 Å². The van der Waals surface area contributed by atoms with Crippen molar-refractivity contribution in [2.75, 3.05) is 56.3 Å². The molecular formula is C40H53F3N4O8. The maximum atomic E-state index is 14.0. The second kappa shape index (κ2) is 18.8. The molecule has 0 spiro atoms. The molecule has 0 bridgehead atoms. The van der Waals surface area contributed by atoms with Crippen LogP contribution in [-0.4, -0.2) is 107 Å². The molecule has 2 atom stereocenters. The summed E-state index contributed by atoms with van der Waals surface area (Å²) in [5.74, 6) is 5.61. The summed E-state index contributed by atoms with van der Waals surface area (Å²) in [6, 6.07) is 12.2. The highest BCUT2D eigenvalue weighted by Gasteiger charge is 2.35. The molecule has 4 rings (SSSR count). The van der Waals surface area contributed by atoms with Gasteiger partial charge in [-0.2, -0.15) is 13.2 Å². The number of hydrogen-bond acceptors (Lipinski definition) is 9. The number of phenolic OH excluding ortho intramolecular Hbond substituents is 1. The van der Waals surface area contributed by atoms with Gasteiger partial charge in [-0.3, -0.25) is 4.90 Å².